The summed E-state index contributed by atoms with van der Waals surface area (Å²) in [7, 11) is 0. The molecule has 0 radical (unpaired) electrons. The van der Waals surface area contributed by atoms with Crippen molar-refractivity contribution < 1.29 is 13.9 Å². The maximum absolute atomic E-state index is 6.11. The minimum absolute atomic E-state index is 0.101. The van der Waals surface area contributed by atoms with Gasteiger partial charge in [-0.25, -0.2) is 9.50 Å². The number of hydrogen-bond donors (Lipinski definition) is 1. The van der Waals surface area contributed by atoms with Gasteiger partial charge in [0.05, 0.1) is 19.4 Å². The Hall–Kier alpha value is -2.94. The van der Waals surface area contributed by atoms with Gasteiger partial charge >= 0.3 is 0 Å². The topological polar surface area (TPSA) is 91.0 Å². The predicted molar refractivity (Wildman–Crippen MR) is 114 cm³/mol. The molecule has 1 fully saturated rings. The lowest BCUT2D eigenvalue weighted by molar-refractivity contribution is 0.0319. The molecule has 2 N–H and O–H groups in total. The Morgan fingerprint density at radius 1 is 1.13 bits per heavy atom. The zero-order valence-corrected chi connectivity index (χ0v) is 16.7. The largest absolute Gasteiger partial charge is 0.472 e. The Kier molecular flexibility index (Phi) is 5.35. The van der Waals surface area contributed by atoms with Crippen molar-refractivity contribution in [1.82, 2.24) is 19.5 Å². The molecule has 3 aromatic heterocycles. The molecule has 0 aliphatic carbocycles. The van der Waals surface area contributed by atoms with Crippen molar-refractivity contribution >= 4 is 16.6 Å². The first-order valence-electron chi connectivity index (χ1n) is 10.3. The Bertz CT molecular complexity index is 1100. The molecule has 1 atom stereocenters. The zero-order valence-electron chi connectivity index (χ0n) is 16.7. The van der Waals surface area contributed by atoms with E-state index >= 15 is 0 Å². The number of para-hydroxylation sites is 1. The molecule has 0 amide bonds. The lowest BCUT2D eigenvalue weighted by Crippen LogP contribution is -2.39. The number of hydrogen-bond acceptors (Lipinski definition) is 7. The molecule has 1 aliphatic rings. The van der Waals surface area contributed by atoms with Gasteiger partial charge in [-0.3, -0.25) is 4.90 Å². The van der Waals surface area contributed by atoms with Crippen molar-refractivity contribution in [3.63, 3.8) is 0 Å². The van der Waals surface area contributed by atoms with E-state index in [4.69, 9.17) is 19.6 Å². The smallest absolute Gasteiger partial charge is 0.232 e. The van der Waals surface area contributed by atoms with Crippen molar-refractivity contribution in [3.05, 3.63) is 48.7 Å². The molecular formula is C22H25N5O3. The molecule has 1 unspecified atom stereocenters. The molecule has 1 saturated heterocycles. The van der Waals surface area contributed by atoms with Gasteiger partial charge in [0, 0.05) is 37.6 Å². The van der Waals surface area contributed by atoms with Crippen molar-refractivity contribution in [2.75, 3.05) is 39.4 Å². The molecular weight excluding hydrogens is 382 g/mol. The summed E-state index contributed by atoms with van der Waals surface area (Å²) < 4.78 is 19.3. The second-order valence-corrected chi connectivity index (χ2v) is 7.45. The number of nitrogens with two attached hydrogens (primary N) is 1. The summed E-state index contributed by atoms with van der Waals surface area (Å²) in [6.07, 6.45) is 2.51. The number of nitrogens with zero attached hydrogens (tertiary/aromatic N) is 4. The summed E-state index contributed by atoms with van der Waals surface area (Å²) in [5.41, 5.74) is 8.31. The van der Waals surface area contributed by atoms with E-state index < -0.39 is 0 Å². The van der Waals surface area contributed by atoms with E-state index in [-0.39, 0.29) is 6.10 Å². The highest BCUT2D eigenvalue weighted by Crippen LogP contribution is 2.28. The lowest BCUT2D eigenvalue weighted by atomic mass is 10.2. The fourth-order valence-electron chi connectivity index (χ4n) is 3.74. The van der Waals surface area contributed by atoms with Crippen LogP contribution in [0.15, 0.2) is 53.1 Å². The zero-order chi connectivity index (χ0) is 20.3. The van der Waals surface area contributed by atoms with Crippen molar-refractivity contribution in [3.8, 4) is 17.3 Å². The summed E-state index contributed by atoms with van der Waals surface area (Å²) in [6.45, 7) is 4.86. The number of morpholine rings is 1. The van der Waals surface area contributed by atoms with E-state index in [2.05, 4.69) is 15.0 Å². The summed E-state index contributed by atoms with van der Waals surface area (Å²) in [6, 6.07) is 13.6. The highest BCUT2D eigenvalue weighted by atomic mass is 16.5. The quantitative estimate of drug-likeness (QED) is 0.503. The third-order valence-electron chi connectivity index (χ3n) is 5.44. The first-order chi connectivity index (χ1) is 14.8. The fourth-order valence-corrected chi connectivity index (χ4v) is 3.74. The van der Waals surface area contributed by atoms with E-state index in [1.54, 1.807) is 10.7 Å². The van der Waals surface area contributed by atoms with E-state index in [9.17, 15) is 0 Å². The maximum atomic E-state index is 6.11. The summed E-state index contributed by atoms with van der Waals surface area (Å²) in [4.78, 5) is 6.82. The van der Waals surface area contributed by atoms with Crippen LogP contribution in [-0.2, 0) is 4.74 Å². The average molecular weight is 407 g/mol. The first kappa shape index (κ1) is 19.0. The van der Waals surface area contributed by atoms with Crippen molar-refractivity contribution in [2.45, 2.75) is 12.5 Å². The molecule has 4 heterocycles. The SMILES string of the molecule is NCC(CCN1CCOCC1)Oc1ccc2ncc(-c3cc4ccccc4o3)n2n1. The van der Waals surface area contributed by atoms with Gasteiger partial charge < -0.3 is 19.6 Å². The number of benzene rings is 1. The normalized spacial score (nSPS) is 16.3. The molecule has 1 aromatic carbocycles. The molecule has 0 saturated carbocycles. The van der Waals surface area contributed by atoms with E-state index in [1.807, 2.05) is 42.5 Å². The van der Waals surface area contributed by atoms with Gasteiger partial charge in [0.1, 0.15) is 17.4 Å². The first-order valence-corrected chi connectivity index (χ1v) is 10.3. The molecule has 5 rings (SSSR count). The average Bonchev–Trinajstić information content (AvgIpc) is 3.40. The third-order valence-corrected chi connectivity index (χ3v) is 5.44. The van der Waals surface area contributed by atoms with E-state index in [0.717, 1.165) is 67.3 Å². The summed E-state index contributed by atoms with van der Waals surface area (Å²) >= 11 is 0. The molecule has 8 heteroatoms. The number of aromatic nitrogens is 3. The van der Waals surface area contributed by atoms with Gasteiger partial charge in [0.2, 0.25) is 5.88 Å². The number of imidazole rings is 1. The monoisotopic (exact) mass is 407 g/mol. The van der Waals surface area contributed by atoms with Gasteiger partial charge in [-0.2, -0.15) is 0 Å². The molecule has 0 spiro atoms. The maximum Gasteiger partial charge on any atom is 0.232 e. The minimum Gasteiger partial charge on any atom is -0.472 e. The predicted octanol–water partition coefficient (Wildman–Crippen LogP) is 2.57. The standard InChI is InChI=1S/C22H25N5O3/c23-14-17(7-8-26-9-11-28-12-10-26)29-22-6-5-21-24-15-18(27(21)25-22)20-13-16-3-1-2-4-19(16)30-20/h1-6,13,15,17H,7-12,14,23H2. The van der Waals surface area contributed by atoms with Gasteiger partial charge in [-0.1, -0.05) is 18.2 Å². The van der Waals surface area contributed by atoms with E-state index in [0.29, 0.717) is 12.4 Å². The Labute approximate surface area is 174 Å². The van der Waals surface area contributed by atoms with Gasteiger partial charge in [0.25, 0.3) is 0 Å². The minimum atomic E-state index is -0.101. The number of furan rings is 1. The van der Waals surface area contributed by atoms with Crippen LogP contribution in [0.4, 0.5) is 0 Å². The van der Waals surface area contributed by atoms with Crippen LogP contribution in [-0.4, -0.2) is 65.0 Å². The van der Waals surface area contributed by atoms with Crippen LogP contribution in [0.2, 0.25) is 0 Å². The Morgan fingerprint density at radius 3 is 2.83 bits per heavy atom. The number of ether oxygens (including phenoxy) is 2. The molecule has 1 aliphatic heterocycles. The fraction of sp³-hybridized carbons (Fsp3) is 0.364. The van der Waals surface area contributed by atoms with Crippen LogP contribution >= 0.6 is 0 Å². The van der Waals surface area contributed by atoms with Gasteiger partial charge in [-0.05, 0) is 24.6 Å². The summed E-state index contributed by atoms with van der Waals surface area (Å²) in [5, 5.41) is 5.69. The van der Waals surface area contributed by atoms with Crippen LogP contribution < -0.4 is 10.5 Å². The lowest BCUT2D eigenvalue weighted by Gasteiger charge is -2.28. The van der Waals surface area contributed by atoms with Gasteiger partial charge in [-0.15, -0.1) is 5.10 Å². The second-order valence-electron chi connectivity index (χ2n) is 7.45. The molecule has 4 aromatic rings. The van der Waals surface area contributed by atoms with Crippen LogP contribution in [0.3, 0.4) is 0 Å². The van der Waals surface area contributed by atoms with Crippen molar-refractivity contribution in [1.29, 1.82) is 0 Å². The highest BCUT2D eigenvalue weighted by molar-refractivity contribution is 5.82. The molecule has 156 valence electrons. The van der Waals surface area contributed by atoms with Crippen LogP contribution in [0.5, 0.6) is 5.88 Å². The van der Waals surface area contributed by atoms with E-state index in [1.165, 1.54) is 0 Å². The van der Waals surface area contributed by atoms with Crippen LogP contribution in [0.1, 0.15) is 6.42 Å². The Balaban J connectivity index is 1.35. The highest BCUT2D eigenvalue weighted by Gasteiger charge is 2.17. The van der Waals surface area contributed by atoms with Crippen LogP contribution in [0.25, 0.3) is 28.1 Å². The number of fused-ring (bicyclic) bond motifs is 2. The van der Waals surface area contributed by atoms with Crippen molar-refractivity contribution in [2.24, 2.45) is 5.73 Å². The molecule has 8 nitrogen and oxygen atoms in total. The number of rotatable bonds is 7. The van der Waals surface area contributed by atoms with Crippen LogP contribution in [0, 0.1) is 0 Å². The Morgan fingerprint density at radius 2 is 2.00 bits per heavy atom. The second kappa shape index (κ2) is 8.43. The molecule has 0 bridgehead atoms. The summed E-state index contributed by atoms with van der Waals surface area (Å²) in [5.74, 6) is 1.24. The van der Waals surface area contributed by atoms with Gasteiger partial charge in [0.15, 0.2) is 11.4 Å². The third kappa shape index (κ3) is 3.89. The molecule has 30 heavy (non-hydrogen) atoms.